The molecular weight excluding hydrogens is 337 g/mol. The standard InChI is InChI=1S/C13H8Cl3N3O2/c14-8-4-9(15)13(18-12(8)16)19-17-5-7-1-2-10-11(3-7)21-6-20-10/h1-5H,6H2,(H,18,19). The molecule has 0 atom stereocenters. The summed E-state index contributed by atoms with van der Waals surface area (Å²) in [4.78, 5) is 3.99. The maximum Gasteiger partial charge on any atom is 0.231 e. The number of hydrogen-bond donors (Lipinski definition) is 1. The second-order valence-electron chi connectivity index (χ2n) is 4.07. The summed E-state index contributed by atoms with van der Waals surface area (Å²) in [7, 11) is 0. The van der Waals surface area contributed by atoms with Gasteiger partial charge in [0.15, 0.2) is 17.3 Å². The topological polar surface area (TPSA) is 55.7 Å². The third-order valence-electron chi connectivity index (χ3n) is 2.67. The summed E-state index contributed by atoms with van der Waals surface area (Å²) in [6.45, 7) is 0.233. The van der Waals surface area contributed by atoms with Gasteiger partial charge in [0.2, 0.25) is 6.79 Å². The van der Waals surface area contributed by atoms with E-state index in [0.29, 0.717) is 22.3 Å². The van der Waals surface area contributed by atoms with Crippen molar-refractivity contribution in [2.45, 2.75) is 0 Å². The van der Waals surface area contributed by atoms with Crippen LogP contribution in [0.15, 0.2) is 29.4 Å². The van der Waals surface area contributed by atoms with Crippen LogP contribution in [0.25, 0.3) is 0 Å². The number of hydrogen-bond acceptors (Lipinski definition) is 5. The molecule has 0 spiro atoms. The number of nitrogens with zero attached hydrogens (tertiary/aromatic N) is 2. The molecule has 5 nitrogen and oxygen atoms in total. The van der Waals surface area contributed by atoms with Crippen LogP contribution in [-0.2, 0) is 0 Å². The lowest BCUT2D eigenvalue weighted by atomic mass is 10.2. The van der Waals surface area contributed by atoms with Gasteiger partial charge in [-0.05, 0) is 29.8 Å². The minimum absolute atomic E-state index is 0.154. The number of hydrazone groups is 1. The largest absolute Gasteiger partial charge is 0.454 e. The van der Waals surface area contributed by atoms with Crippen molar-refractivity contribution in [2.75, 3.05) is 12.2 Å². The van der Waals surface area contributed by atoms with Crippen molar-refractivity contribution < 1.29 is 9.47 Å². The summed E-state index contributed by atoms with van der Waals surface area (Å²) >= 11 is 17.6. The number of nitrogens with one attached hydrogen (secondary N) is 1. The zero-order valence-corrected chi connectivity index (χ0v) is 12.7. The number of pyridine rings is 1. The minimum Gasteiger partial charge on any atom is -0.454 e. The van der Waals surface area contributed by atoms with Gasteiger partial charge in [-0.1, -0.05) is 34.8 Å². The number of benzene rings is 1. The van der Waals surface area contributed by atoms with Gasteiger partial charge in [0.1, 0.15) is 5.15 Å². The molecule has 108 valence electrons. The van der Waals surface area contributed by atoms with Crippen LogP contribution in [0.4, 0.5) is 5.82 Å². The molecule has 1 N–H and O–H groups in total. The highest BCUT2D eigenvalue weighted by Crippen LogP contribution is 2.32. The maximum atomic E-state index is 5.98. The van der Waals surface area contributed by atoms with Crippen LogP contribution in [0.2, 0.25) is 15.2 Å². The van der Waals surface area contributed by atoms with E-state index in [1.165, 1.54) is 6.07 Å². The molecule has 1 aliphatic heterocycles. The van der Waals surface area contributed by atoms with Gasteiger partial charge in [0.05, 0.1) is 16.3 Å². The predicted molar refractivity (Wildman–Crippen MR) is 83.0 cm³/mol. The molecule has 1 aliphatic rings. The number of rotatable bonds is 3. The molecule has 2 heterocycles. The summed E-state index contributed by atoms with van der Waals surface area (Å²) in [5.41, 5.74) is 3.54. The van der Waals surface area contributed by atoms with Crippen LogP contribution in [0.5, 0.6) is 11.5 Å². The number of fused-ring (bicyclic) bond motifs is 1. The Balaban J connectivity index is 1.74. The molecule has 1 aromatic heterocycles. The molecule has 1 aromatic carbocycles. The lowest BCUT2D eigenvalue weighted by Crippen LogP contribution is -1.95. The smallest absolute Gasteiger partial charge is 0.231 e. The molecule has 8 heteroatoms. The monoisotopic (exact) mass is 343 g/mol. The lowest BCUT2D eigenvalue weighted by Gasteiger charge is -2.04. The molecule has 21 heavy (non-hydrogen) atoms. The van der Waals surface area contributed by atoms with Gasteiger partial charge in [-0.15, -0.1) is 0 Å². The molecule has 0 aliphatic carbocycles. The molecule has 0 radical (unpaired) electrons. The summed E-state index contributed by atoms with van der Waals surface area (Å²) in [6.07, 6.45) is 1.60. The highest BCUT2D eigenvalue weighted by Gasteiger charge is 2.12. The Morgan fingerprint density at radius 2 is 1.90 bits per heavy atom. The van der Waals surface area contributed by atoms with Crippen LogP contribution < -0.4 is 14.9 Å². The lowest BCUT2D eigenvalue weighted by molar-refractivity contribution is 0.174. The highest BCUT2D eigenvalue weighted by atomic mass is 35.5. The van der Waals surface area contributed by atoms with Crippen molar-refractivity contribution >= 4 is 46.8 Å². The number of halogens is 3. The zero-order valence-electron chi connectivity index (χ0n) is 10.4. The van der Waals surface area contributed by atoms with Gasteiger partial charge < -0.3 is 9.47 Å². The molecule has 0 fully saturated rings. The van der Waals surface area contributed by atoms with Gasteiger partial charge in [-0.3, -0.25) is 5.43 Å². The molecule has 0 saturated carbocycles. The van der Waals surface area contributed by atoms with E-state index >= 15 is 0 Å². The normalized spacial score (nSPS) is 12.9. The quantitative estimate of drug-likeness (QED) is 0.514. The number of ether oxygens (including phenoxy) is 2. The first-order valence-electron chi connectivity index (χ1n) is 5.84. The summed E-state index contributed by atoms with van der Waals surface area (Å²) in [5, 5.41) is 4.81. The fourth-order valence-corrected chi connectivity index (χ4v) is 2.22. The fourth-order valence-electron chi connectivity index (χ4n) is 1.68. The first kappa shape index (κ1) is 14.3. The van der Waals surface area contributed by atoms with Crippen LogP contribution >= 0.6 is 34.8 Å². The molecule has 0 saturated heterocycles. The van der Waals surface area contributed by atoms with Crippen molar-refractivity contribution in [3.05, 3.63) is 45.0 Å². The van der Waals surface area contributed by atoms with Crippen LogP contribution in [0.1, 0.15) is 5.56 Å². The van der Waals surface area contributed by atoms with Gasteiger partial charge in [-0.2, -0.15) is 5.10 Å². The highest BCUT2D eigenvalue weighted by molar-refractivity contribution is 6.42. The Morgan fingerprint density at radius 3 is 2.76 bits per heavy atom. The van der Waals surface area contributed by atoms with E-state index < -0.39 is 0 Å². The molecule has 0 bridgehead atoms. The Kier molecular flexibility index (Phi) is 4.05. The zero-order chi connectivity index (χ0) is 14.8. The summed E-state index contributed by atoms with van der Waals surface area (Å²) in [5.74, 6) is 1.72. The molecule has 0 amide bonds. The van der Waals surface area contributed by atoms with Crippen molar-refractivity contribution in [1.82, 2.24) is 4.98 Å². The first-order chi connectivity index (χ1) is 10.1. The van der Waals surface area contributed by atoms with Crippen molar-refractivity contribution in [3.8, 4) is 11.5 Å². The maximum absolute atomic E-state index is 5.98. The molecule has 0 unspecified atom stereocenters. The first-order valence-corrected chi connectivity index (χ1v) is 6.97. The Bertz CT molecular complexity index is 722. The van der Waals surface area contributed by atoms with Crippen molar-refractivity contribution in [2.24, 2.45) is 5.10 Å². The fraction of sp³-hybridized carbons (Fsp3) is 0.0769. The number of anilines is 1. The van der Waals surface area contributed by atoms with Crippen LogP contribution in [0.3, 0.4) is 0 Å². The van der Waals surface area contributed by atoms with Crippen LogP contribution in [-0.4, -0.2) is 18.0 Å². The van der Waals surface area contributed by atoms with E-state index in [2.05, 4.69) is 15.5 Å². The van der Waals surface area contributed by atoms with Crippen molar-refractivity contribution in [1.29, 1.82) is 0 Å². The second kappa shape index (κ2) is 5.97. The van der Waals surface area contributed by atoms with E-state index in [-0.39, 0.29) is 17.0 Å². The molecule has 3 rings (SSSR count). The Morgan fingerprint density at radius 1 is 1.10 bits per heavy atom. The van der Waals surface area contributed by atoms with Crippen molar-refractivity contribution in [3.63, 3.8) is 0 Å². The third kappa shape index (κ3) is 3.15. The molecular formula is C13H8Cl3N3O2. The van der Waals surface area contributed by atoms with Crippen LogP contribution in [0, 0.1) is 0 Å². The SMILES string of the molecule is Clc1cc(Cl)c(NN=Cc2ccc3c(c2)OCO3)nc1Cl. The average Bonchev–Trinajstić information content (AvgIpc) is 2.92. The Hall–Kier alpha value is -1.69. The summed E-state index contributed by atoms with van der Waals surface area (Å²) in [6, 6.07) is 6.98. The van der Waals surface area contributed by atoms with E-state index in [0.717, 1.165) is 5.56 Å². The van der Waals surface area contributed by atoms with E-state index in [9.17, 15) is 0 Å². The number of aromatic nitrogens is 1. The van der Waals surface area contributed by atoms with Gasteiger partial charge in [0.25, 0.3) is 0 Å². The van der Waals surface area contributed by atoms with E-state index in [4.69, 9.17) is 44.3 Å². The Labute approximate surface area is 135 Å². The molecule has 2 aromatic rings. The predicted octanol–water partition coefficient (Wildman–Crippen LogP) is 4.22. The average molecular weight is 345 g/mol. The van der Waals surface area contributed by atoms with Gasteiger partial charge in [0, 0.05) is 0 Å². The van der Waals surface area contributed by atoms with Gasteiger partial charge >= 0.3 is 0 Å². The van der Waals surface area contributed by atoms with E-state index in [1.54, 1.807) is 6.21 Å². The van der Waals surface area contributed by atoms with E-state index in [1.807, 2.05) is 18.2 Å². The second-order valence-corrected chi connectivity index (χ2v) is 5.25. The summed E-state index contributed by atoms with van der Waals surface area (Å²) < 4.78 is 10.5. The third-order valence-corrected chi connectivity index (χ3v) is 3.63. The minimum atomic E-state index is 0.154. The van der Waals surface area contributed by atoms with Gasteiger partial charge in [-0.25, -0.2) is 4.98 Å².